The maximum Gasteiger partial charge on any atom is 0.436 e. The molecular formula is C14H13F4N3O3S. The van der Waals surface area contributed by atoms with Gasteiger partial charge in [0.05, 0.1) is 6.04 Å². The molecule has 1 aliphatic rings. The number of nitrogens with one attached hydrogen (secondary N) is 1. The lowest BCUT2D eigenvalue weighted by molar-refractivity contribution is -0.143. The average Bonchev–Trinajstić information content (AvgIpc) is 3.00. The molecule has 1 N–H and O–H groups in total. The molecule has 0 bridgehead atoms. The van der Waals surface area contributed by atoms with Crippen molar-refractivity contribution in [2.24, 2.45) is 7.05 Å². The van der Waals surface area contributed by atoms with Crippen molar-refractivity contribution < 1.29 is 30.7 Å². The minimum atomic E-state index is -4.93. The number of fused-ring (bicyclic) bond motifs is 1. The lowest BCUT2D eigenvalue weighted by Gasteiger charge is -2.17. The Kier molecular flexibility index (Phi) is 4.03. The second-order valence-corrected chi connectivity index (χ2v) is 7.30. The molecule has 1 aromatic heterocycles. The molecular weight excluding hydrogens is 366 g/mol. The van der Waals surface area contributed by atoms with Crippen molar-refractivity contribution in [1.82, 2.24) is 14.5 Å². The molecule has 3 rings (SSSR count). The molecule has 0 fully saturated rings. The van der Waals surface area contributed by atoms with E-state index in [4.69, 9.17) is 4.74 Å². The molecule has 1 aliphatic heterocycles. The topological polar surface area (TPSA) is 73.2 Å². The Morgan fingerprint density at radius 1 is 1.32 bits per heavy atom. The van der Waals surface area contributed by atoms with Crippen LogP contribution in [0.5, 0.6) is 5.75 Å². The highest BCUT2D eigenvalue weighted by Gasteiger charge is 2.43. The molecule has 2 unspecified atom stereocenters. The van der Waals surface area contributed by atoms with Gasteiger partial charge in [-0.15, -0.1) is 0 Å². The van der Waals surface area contributed by atoms with Gasteiger partial charge in [-0.25, -0.2) is 12.8 Å². The molecule has 6 nitrogen and oxygen atoms in total. The van der Waals surface area contributed by atoms with Crippen molar-refractivity contribution in [1.29, 1.82) is 0 Å². The number of nitrogens with zero attached hydrogens (tertiary/aromatic N) is 2. The van der Waals surface area contributed by atoms with E-state index in [-0.39, 0.29) is 5.75 Å². The van der Waals surface area contributed by atoms with Crippen LogP contribution < -0.4 is 9.46 Å². The minimum absolute atomic E-state index is 0.141. The van der Waals surface area contributed by atoms with Crippen molar-refractivity contribution >= 4 is 10.0 Å². The summed E-state index contributed by atoms with van der Waals surface area (Å²) in [6.07, 6.45) is -4.88. The fourth-order valence-electron chi connectivity index (χ4n) is 2.64. The Morgan fingerprint density at radius 2 is 2.00 bits per heavy atom. The van der Waals surface area contributed by atoms with E-state index < -0.39 is 44.8 Å². The number of hydrogen-bond donors (Lipinski definition) is 1. The van der Waals surface area contributed by atoms with Crippen LogP contribution in [0.4, 0.5) is 17.6 Å². The molecule has 2 atom stereocenters. The van der Waals surface area contributed by atoms with E-state index in [1.165, 1.54) is 20.0 Å². The van der Waals surface area contributed by atoms with E-state index in [0.717, 1.165) is 23.0 Å². The minimum Gasteiger partial charge on any atom is -0.488 e. The van der Waals surface area contributed by atoms with Crippen LogP contribution in [-0.4, -0.2) is 24.3 Å². The highest BCUT2D eigenvalue weighted by Crippen LogP contribution is 2.39. The second kappa shape index (κ2) is 5.70. The van der Waals surface area contributed by atoms with Crippen LogP contribution >= 0.6 is 0 Å². The van der Waals surface area contributed by atoms with E-state index in [1.54, 1.807) is 0 Å². The number of benzene rings is 1. The Bertz CT molecular complexity index is 924. The summed E-state index contributed by atoms with van der Waals surface area (Å²) in [6.45, 7) is 1.53. The van der Waals surface area contributed by atoms with Crippen LogP contribution in [0.2, 0.25) is 0 Å². The van der Waals surface area contributed by atoms with Crippen molar-refractivity contribution in [3.8, 4) is 5.75 Å². The van der Waals surface area contributed by atoms with Crippen molar-refractivity contribution in [2.75, 3.05) is 0 Å². The standard InChI is InChI=1S/C14H13F4N3O3S/c1-7-12(9-4-3-8(15)5-10(9)24-7)20-25(22,23)11-6-21(2)19-13(11)14(16,17)18/h3-7,12,20H,1-2H3. The number of rotatable bonds is 3. The predicted molar refractivity (Wildman–Crippen MR) is 77.8 cm³/mol. The highest BCUT2D eigenvalue weighted by molar-refractivity contribution is 7.89. The van der Waals surface area contributed by atoms with Gasteiger partial charge in [0.2, 0.25) is 10.0 Å². The molecule has 25 heavy (non-hydrogen) atoms. The van der Waals surface area contributed by atoms with E-state index in [1.807, 2.05) is 0 Å². The second-order valence-electron chi connectivity index (χ2n) is 5.62. The lowest BCUT2D eigenvalue weighted by Crippen LogP contribution is -2.34. The van der Waals surface area contributed by atoms with Gasteiger partial charge in [0.25, 0.3) is 0 Å². The first-order valence-electron chi connectivity index (χ1n) is 7.08. The molecule has 0 aliphatic carbocycles. The molecule has 0 saturated carbocycles. The van der Waals surface area contributed by atoms with Gasteiger partial charge in [0.1, 0.15) is 22.6 Å². The fourth-order valence-corrected chi connectivity index (χ4v) is 4.12. The Balaban J connectivity index is 1.99. The van der Waals surface area contributed by atoms with Gasteiger partial charge in [-0.1, -0.05) is 6.07 Å². The third-order valence-electron chi connectivity index (χ3n) is 3.73. The van der Waals surface area contributed by atoms with Gasteiger partial charge >= 0.3 is 6.18 Å². The molecule has 2 heterocycles. The zero-order valence-corrected chi connectivity index (χ0v) is 13.8. The summed E-state index contributed by atoms with van der Waals surface area (Å²) in [5.41, 5.74) is -1.16. The number of hydrogen-bond acceptors (Lipinski definition) is 4. The summed E-state index contributed by atoms with van der Waals surface area (Å²) < 4.78 is 85.7. The summed E-state index contributed by atoms with van der Waals surface area (Å²) in [5, 5.41) is 3.19. The summed E-state index contributed by atoms with van der Waals surface area (Å²) in [4.78, 5) is -0.981. The summed E-state index contributed by atoms with van der Waals surface area (Å²) in [5.74, 6) is -0.427. The molecule has 0 spiro atoms. The van der Waals surface area contributed by atoms with Crippen LogP contribution in [0.3, 0.4) is 0 Å². The van der Waals surface area contributed by atoms with Crippen LogP contribution in [0.15, 0.2) is 29.3 Å². The number of aryl methyl sites for hydroxylation is 1. The van der Waals surface area contributed by atoms with Crippen LogP contribution in [0.1, 0.15) is 24.2 Å². The van der Waals surface area contributed by atoms with Gasteiger partial charge in [0, 0.05) is 24.9 Å². The van der Waals surface area contributed by atoms with Crippen LogP contribution in [0.25, 0.3) is 0 Å². The SMILES string of the molecule is CC1Oc2cc(F)ccc2C1NS(=O)(=O)c1cn(C)nc1C(F)(F)F. The predicted octanol–water partition coefficient (Wildman–Crippen LogP) is 2.38. The zero-order chi connectivity index (χ0) is 18.6. The number of alkyl halides is 3. The normalized spacial score (nSPS) is 20.4. The van der Waals surface area contributed by atoms with Gasteiger partial charge in [-0.2, -0.15) is 23.0 Å². The molecule has 0 radical (unpaired) electrons. The quantitative estimate of drug-likeness (QED) is 0.831. The summed E-state index contributed by atoms with van der Waals surface area (Å²) >= 11 is 0. The molecule has 11 heteroatoms. The highest BCUT2D eigenvalue weighted by atomic mass is 32.2. The maximum atomic E-state index is 13.3. The third-order valence-corrected chi connectivity index (χ3v) is 5.17. The van der Waals surface area contributed by atoms with E-state index >= 15 is 0 Å². The van der Waals surface area contributed by atoms with Gasteiger partial charge < -0.3 is 4.74 Å². The van der Waals surface area contributed by atoms with E-state index in [9.17, 15) is 26.0 Å². The lowest BCUT2D eigenvalue weighted by atomic mass is 10.1. The van der Waals surface area contributed by atoms with Crippen LogP contribution in [0, 0.1) is 5.82 Å². The molecule has 2 aromatic rings. The van der Waals surface area contributed by atoms with E-state index in [0.29, 0.717) is 5.56 Å². The molecule has 1 aromatic carbocycles. The summed E-state index contributed by atoms with van der Waals surface area (Å²) in [6, 6.07) is 2.58. The Labute approximate surface area is 140 Å². The number of aromatic nitrogens is 2. The monoisotopic (exact) mass is 379 g/mol. The van der Waals surface area contributed by atoms with Crippen molar-refractivity contribution in [3.05, 3.63) is 41.5 Å². The number of sulfonamides is 1. The maximum absolute atomic E-state index is 13.3. The summed E-state index contributed by atoms with van der Waals surface area (Å²) in [7, 11) is -3.36. The van der Waals surface area contributed by atoms with E-state index in [2.05, 4.69) is 9.82 Å². The fraction of sp³-hybridized carbons (Fsp3) is 0.357. The van der Waals surface area contributed by atoms with Crippen molar-refractivity contribution in [2.45, 2.75) is 30.1 Å². The van der Waals surface area contributed by atoms with Gasteiger partial charge in [-0.3, -0.25) is 4.68 Å². The molecule has 0 amide bonds. The van der Waals surface area contributed by atoms with Gasteiger partial charge in [0.15, 0.2) is 5.69 Å². The van der Waals surface area contributed by atoms with Gasteiger partial charge in [-0.05, 0) is 13.0 Å². The van der Waals surface area contributed by atoms with Crippen molar-refractivity contribution in [3.63, 3.8) is 0 Å². The Hall–Kier alpha value is -2.14. The first-order valence-corrected chi connectivity index (χ1v) is 8.56. The molecule has 0 saturated heterocycles. The Morgan fingerprint density at radius 3 is 2.64 bits per heavy atom. The number of ether oxygens (including phenoxy) is 1. The average molecular weight is 379 g/mol. The smallest absolute Gasteiger partial charge is 0.436 e. The first kappa shape index (κ1) is 17.7. The molecule has 136 valence electrons. The zero-order valence-electron chi connectivity index (χ0n) is 13.0. The first-order chi connectivity index (χ1) is 11.5. The largest absolute Gasteiger partial charge is 0.488 e. The van der Waals surface area contributed by atoms with Crippen LogP contribution in [-0.2, 0) is 23.2 Å². The number of halogens is 4. The third kappa shape index (κ3) is 3.21.